The molecule has 170 valence electrons. The van der Waals surface area contributed by atoms with E-state index in [-0.39, 0.29) is 23.4 Å². The molecule has 0 unspecified atom stereocenters. The molecule has 2 aromatic carbocycles. The molecule has 2 aromatic heterocycles. The number of halogens is 1. The Labute approximate surface area is 196 Å². The van der Waals surface area contributed by atoms with Crippen molar-refractivity contribution in [2.75, 3.05) is 18.9 Å². The van der Waals surface area contributed by atoms with Gasteiger partial charge in [-0.2, -0.15) is 9.78 Å². The van der Waals surface area contributed by atoms with Crippen LogP contribution in [0.5, 0.6) is 0 Å². The SMILES string of the molecule is CC(C)OCCCNC(=O)c1c(N)n(N=Cc2ccc(Cl)cc2)c2nc3ccccc3nc12. The highest BCUT2D eigenvalue weighted by molar-refractivity contribution is 6.30. The summed E-state index contributed by atoms with van der Waals surface area (Å²) in [7, 11) is 0. The fourth-order valence-electron chi connectivity index (χ4n) is 3.34. The normalized spacial score (nSPS) is 11.8. The second kappa shape index (κ2) is 9.97. The van der Waals surface area contributed by atoms with E-state index < -0.39 is 0 Å². The molecule has 0 atom stereocenters. The summed E-state index contributed by atoms with van der Waals surface area (Å²) in [5.74, 6) is -0.159. The molecule has 4 rings (SSSR count). The number of benzene rings is 2. The van der Waals surface area contributed by atoms with Crippen LogP contribution in [-0.2, 0) is 4.74 Å². The van der Waals surface area contributed by atoms with Crippen molar-refractivity contribution in [2.24, 2.45) is 5.10 Å². The Kier molecular flexibility index (Phi) is 6.86. The number of nitrogens with zero attached hydrogens (tertiary/aromatic N) is 4. The predicted molar refractivity (Wildman–Crippen MR) is 132 cm³/mol. The van der Waals surface area contributed by atoms with E-state index in [0.29, 0.717) is 46.8 Å². The van der Waals surface area contributed by atoms with E-state index in [2.05, 4.69) is 20.4 Å². The van der Waals surface area contributed by atoms with Crippen LogP contribution < -0.4 is 11.1 Å². The number of anilines is 1. The summed E-state index contributed by atoms with van der Waals surface area (Å²) in [4.78, 5) is 22.4. The highest BCUT2D eigenvalue weighted by atomic mass is 35.5. The van der Waals surface area contributed by atoms with Crippen LogP contribution in [0.4, 0.5) is 5.82 Å². The van der Waals surface area contributed by atoms with Gasteiger partial charge in [0.05, 0.1) is 23.4 Å². The minimum absolute atomic E-state index is 0.149. The van der Waals surface area contributed by atoms with Crippen molar-refractivity contribution in [3.05, 3.63) is 64.7 Å². The van der Waals surface area contributed by atoms with Crippen molar-refractivity contribution in [1.29, 1.82) is 0 Å². The highest BCUT2D eigenvalue weighted by Gasteiger charge is 2.23. The van der Waals surface area contributed by atoms with Gasteiger partial charge in [-0.05, 0) is 50.1 Å². The van der Waals surface area contributed by atoms with E-state index in [1.807, 2.05) is 50.2 Å². The average Bonchev–Trinajstić information content (AvgIpc) is 3.06. The van der Waals surface area contributed by atoms with Crippen LogP contribution in [0.2, 0.25) is 5.02 Å². The number of nitrogens with two attached hydrogens (primary N) is 1. The Morgan fingerprint density at radius 2 is 1.88 bits per heavy atom. The van der Waals surface area contributed by atoms with E-state index in [9.17, 15) is 4.79 Å². The fourth-order valence-corrected chi connectivity index (χ4v) is 3.47. The zero-order chi connectivity index (χ0) is 23.4. The van der Waals surface area contributed by atoms with Gasteiger partial charge < -0.3 is 15.8 Å². The first-order valence-corrected chi connectivity index (χ1v) is 11.1. The molecule has 0 aliphatic rings. The molecule has 1 amide bonds. The number of nitrogens with one attached hydrogen (secondary N) is 1. The summed E-state index contributed by atoms with van der Waals surface area (Å²) in [6.07, 6.45) is 2.47. The van der Waals surface area contributed by atoms with Crippen molar-refractivity contribution in [3.8, 4) is 0 Å². The Balaban J connectivity index is 1.71. The minimum atomic E-state index is -0.327. The smallest absolute Gasteiger partial charge is 0.257 e. The molecule has 0 fully saturated rings. The fraction of sp³-hybridized carbons (Fsp3) is 0.250. The Morgan fingerprint density at radius 3 is 2.58 bits per heavy atom. The summed E-state index contributed by atoms with van der Waals surface area (Å²) in [5.41, 5.74) is 9.64. The van der Waals surface area contributed by atoms with Gasteiger partial charge in [0.15, 0.2) is 5.65 Å². The van der Waals surface area contributed by atoms with Gasteiger partial charge in [-0.3, -0.25) is 4.79 Å². The molecule has 2 heterocycles. The quantitative estimate of drug-likeness (QED) is 0.299. The summed E-state index contributed by atoms with van der Waals surface area (Å²) >= 11 is 5.96. The van der Waals surface area contributed by atoms with E-state index in [0.717, 1.165) is 5.56 Å². The van der Waals surface area contributed by atoms with Gasteiger partial charge in [0.1, 0.15) is 16.9 Å². The molecule has 33 heavy (non-hydrogen) atoms. The van der Waals surface area contributed by atoms with Crippen molar-refractivity contribution >= 4 is 51.7 Å². The lowest BCUT2D eigenvalue weighted by Crippen LogP contribution is -2.26. The zero-order valence-corrected chi connectivity index (χ0v) is 19.2. The molecule has 3 N–H and O–H groups in total. The molecule has 0 saturated carbocycles. The van der Waals surface area contributed by atoms with Gasteiger partial charge >= 0.3 is 0 Å². The largest absolute Gasteiger partial charge is 0.383 e. The summed E-state index contributed by atoms with van der Waals surface area (Å²) in [6, 6.07) is 14.7. The monoisotopic (exact) mass is 464 g/mol. The van der Waals surface area contributed by atoms with Crippen LogP contribution >= 0.6 is 11.6 Å². The maximum atomic E-state index is 13.1. The number of nitrogen functional groups attached to an aromatic ring is 1. The van der Waals surface area contributed by atoms with Crippen LogP contribution in [0.25, 0.3) is 22.2 Å². The number of carbonyl (C=O) groups is 1. The van der Waals surface area contributed by atoms with Crippen LogP contribution in [0.15, 0.2) is 53.6 Å². The Bertz CT molecular complexity index is 1310. The minimum Gasteiger partial charge on any atom is -0.383 e. The van der Waals surface area contributed by atoms with Crippen LogP contribution in [0, 0.1) is 0 Å². The molecule has 4 aromatic rings. The number of aromatic nitrogens is 3. The third-order valence-electron chi connectivity index (χ3n) is 4.95. The number of hydrogen-bond acceptors (Lipinski definition) is 6. The first kappa shape index (κ1) is 22.7. The second-order valence-corrected chi connectivity index (χ2v) is 8.22. The third kappa shape index (κ3) is 5.13. The maximum Gasteiger partial charge on any atom is 0.257 e. The third-order valence-corrected chi connectivity index (χ3v) is 5.20. The zero-order valence-electron chi connectivity index (χ0n) is 18.5. The molecular weight excluding hydrogens is 440 g/mol. The second-order valence-electron chi connectivity index (χ2n) is 7.78. The van der Waals surface area contributed by atoms with Gasteiger partial charge in [-0.15, -0.1) is 0 Å². The van der Waals surface area contributed by atoms with Crippen LogP contribution in [0.1, 0.15) is 36.2 Å². The standard InChI is InChI=1S/C24H25ClN6O2/c1-15(2)33-13-5-12-27-24(32)20-21-23(30-19-7-4-3-6-18(19)29-21)31(22(20)26)28-14-16-8-10-17(25)11-9-16/h3-4,6-11,14-15H,5,12-13,26H2,1-2H3,(H,27,32). The number of carbonyl (C=O) groups excluding carboxylic acids is 1. The Hall–Kier alpha value is -3.49. The van der Waals surface area contributed by atoms with Gasteiger partial charge in [-0.1, -0.05) is 35.9 Å². The molecule has 0 spiro atoms. The lowest BCUT2D eigenvalue weighted by molar-refractivity contribution is 0.0757. The molecule has 0 saturated heterocycles. The molecule has 8 nitrogen and oxygen atoms in total. The van der Waals surface area contributed by atoms with Gasteiger partial charge in [0.2, 0.25) is 0 Å². The maximum absolute atomic E-state index is 13.1. The number of amides is 1. The summed E-state index contributed by atoms with van der Waals surface area (Å²) in [6.45, 7) is 4.96. The van der Waals surface area contributed by atoms with Gasteiger partial charge in [0, 0.05) is 18.2 Å². The van der Waals surface area contributed by atoms with E-state index in [1.54, 1.807) is 18.3 Å². The molecule has 0 radical (unpaired) electrons. The van der Waals surface area contributed by atoms with Crippen LogP contribution in [0.3, 0.4) is 0 Å². The molecule has 0 aliphatic heterocycles. The van der Waals surface area contributed by atoms with Crippen molar-refractivity contribution in [1.82, 2.24) is 20.0 Å². The lowest BCUT2D eigenvalue weighted by atomic mass is 10.2. The summed E-state index contributed by atoms with van der Waals surface area (Å²) < 4.78 is 6.97. The predicted octanol–water partition coefficient (Wildman–Crippen LogP) is 4.25. The molecule has 0 bridgehead atoms. The van der Waals surface area contributed by atoms with E-state index in [4.69, 9.17) is 22.1 Å². The molecule has 9 heteroatoms. The van der Waals surface area contributed by atoms with Gasteiger partial charge in [-0.25, -0.2) is 9.97 Å². The first-order valence-electron chi connectivity index (χ1n) is 10.7. The number of fused-ring (bicyclic) bond motifs is 2. The topological polar surface area (TPSA) is 107 Å². The number of rotatable bonds is 8. The summed E-state index contributed by atoms with van der Waals surface area (Å²) in [5, 5.41) is 8.03. The first-order chi connectivity index (χ1) is 15.9. The Morgan fingerprint density at radius 1 is 1.18 bits per heavy atom. The van der Waals surface area contributed by atoms with Crippen molar-refractivity contribution in [3.63, 3.8) is 0 Å². The van der Waals surface area contributed by atoms with Crippen LogP contribution in [-0.4, -0.2) is 46.0 Å². The molecule has 0 aliphatic carbocycles. The van der Waals surface area contributed by atoms with E-state index >= 15 is 0 Å². The number of ether oxygens (including phenoxy) is 1. The lowest BCUT2D eigenvalue weighted by Gasteiger charge is -2.08. The highest BCUT2D eigenvalue weighted by Crippen LogP contribution is 2.27. The van der Waals surface area contributed by atoms with Gasteiger partial charge in [0.25, 0.3) is 5.91 Å². The number of hydrogen-bond donors (Lipinski definition) is 2. The average molecular weight is 465 g/mol. The van der Waals surface area contributed by atoms with Crippen molar-refractivity contribution < 1.29 is 9.53 Å². The number of para-hydroxylation sites is 2. The molecular formula is C24H25ClN6O2. The van der Waals surface area contributed by atoms with E-state index in [1.165, 1.54) is 4.68 Å². The van der Waals surface area contributed by atoms with Crippen molar-refractivity contribution in [2.45, 2.75) is 26.4 Å².